The minimum Gasteiger partial charge on any atom is -0.322 e. The lowest BCUT2D eigenvalue weighted by atomic mass is 10.1. The Morgan fingerprint density at radius 1 is 1.35 bits per heavy atom. The average Bonchev–Trinajstić information content (AvgIpc) is 3.12. The number of aromatic nitrogens is 1. The first-order valence-corrected chi connectivity index (χ1v) is 6.20. The number of nitrogens with one attached hydrogen (secondary N) is 1. The molecule has 0 atom stereocenters. The molecule has 3 N–H and O–H groups in total. The van der Waals surface area contributed by atoms with E-state index in [1.165, 1.54) is 12.8 Å². The summed E-state index contributed by atoms with van der Waals surface area (Å²) >= 11 is 5.98. The number of hydrogen-bond acceptors (Lipinski definition) is 3. The van der Waals surface area contributed by atoms with Crippen molar-refractivity contribution < 1.29 is 0 Å². The quantitative estimate of drug-likeness (QED) is 0.647. The summed E-state index contributed by atoms with van der Waals surface area (Å²) in [6.45, 7) is 0. The first-order chi connectivity index (χ1) is 8.26. The molecule has 1 saturated carbocycles. The molecule has 1 aliphatic rings. The van der Waals surface area contributed by atoms with Gasteiger partial charge in [-0.1, -0.05) is 17.7 Å². The topological polar surface area (TPSA) is 50.9 Å². The summed E-state index contributed by atoms with van der Waals surface area (Å²) < 4.78 is 0. The number of halogens is 1. The van der Waals surface area contributed by atoms with Crippen molar-refractivity contribution >= 4 is 28.2 Å². The molecule has 0 unspecified atom stereocenters. The van der Waals surface area contributed by atoms with Crippen LogP contribution in [0.15, 0.2) is 24.3 Å². The lowest BCUT2D eigenvalue weighted by molar-refractivity contribution is 0.810. The number of hydrogen-bond donors (Lipinski definition) is 2. The van der Waals surface area contributed by atoms with Gasteiger partial charge < -0.3 is 5.43 Å². The van der Waals surface area contributed by atoms with Crippen LogP contribution in [0, 0.1) is 5.92 Å². The van der Waals surface area contributed by atoms with E-state index >= 15 is 0 Å². The zero-order chi connectivity index (χ0) is 11.8. The summed E-state index contributed by atoms with van der Waals surface area (Å²) in [6.07, 6.45) is 3.61. The van der Waals surface area contributed by atoms with Gasteiger partial charge in [-0.05, 0) is 43.4 Å². The van der Waals surface area contributed by atoms with Crippen LogP contribution in [0.5, 0.6) is 0 Å². The molecule has 1 aromatic carbocycles. The number of benzene rings is 1. The molecule has 0 spiro atoms. The summed E-state index contributed by atoms with van der Waals surface area (Å²) in [6, 6.07) is 7.77. The fourth-order valence-corrected chi connectivity index (χ4v) is 2.22. The van der Waals surface area contributed by atoms with E-state index in [-0.39, 0.29) is 0 Å². The van der Waals surface area contributed by atoms with Crippen molar-refractivity contribution in [2.75, 3.05) is 5.43 Å². The van der Waals surface area contributed by atoms with Crippen LogP contribution in [0.4, 0.5) is 5.69 Å². The predicted octanol–water partition coefficient (Wildman–Crippen LogP) is 3.13. The van der Waals surface area contributed by atoms with Gasteiger partial charge in [-0.15, -0.1) is 0 Å². The molecule has 0 bridgehead atoms. The van der Waals surface area contributed by atoms with E-state index in [0.29, 0.717) is 0 Å². The van der Waals surface area contributed by atoms with Gasteiger partial charge in [-0.25, -0.2) is 0 Å². The molecule has 0 radical (unpaired) electrons. The standard InChI is InChI=1S/C13H14ClN3/c14-10-4-3-9-6-13(17-15)12(5-8-1-2-8)16-11(9)7-10/h3-4,6-8,17H,1-2,5,15H2. The van der Waals surface area contributed by atoms with E-state index in [1.807, 2.05) is 24.3 Å². The maximum Gasteiger partial charge on any atom is 0.0721 e. The van der Waals surface area contributed by atoms with Crippen molar-refractivity contribution in [1.29, 1.82) is 0 Å². The minimum absolute atomic E-state index is 0.718. The fraction of sp³-hybridized carbons (Fsp3) is 0.308. The maximum absolute atomic E-state index is 5.98. The number of nitrogen functional groups attached to an aromatic ring is 1. The molecular formula is C13H14ClN3. The summed E-state index contributed by atoms with van der Waals surface area (Å²) in [5.41, 5.74) is 5.65. The summed E-state index contributed by atoms with van der Waals surface area (Å²) in [5, 5.41) is 1.78. The third-order valence-corrected chi connectivity index (χ3v) is 3.43. The Balaban J connectivity index is 2.10. The lowest BCUT2D eigenvalue weighted by Gasteiger charge is -2.09. The van der Waals surface area contributed by atoms with Crippen LogP contribution in [-0.4, -0.2) is 4.98 Å². The molecule has 2 aromatic rings. The largest absolute Gasteiger partial charge is 0.322 e. The van der Waals surface area contributed by atoms with Crippen molar-refractivity contribution in [3.63, 3.8) is 0 Å². The van der Waals surface area contributed by atoms with Crippen LogP contribution < -0.4 is 11.3 Å². The van der Waals surface area contributed by atoms with Crippen molar-refractivity contribution in [1.82, 2.24) is 4.98 Å². The Morgan fingerprint density at radius 2 is 2.18 bits per heavy atom. The first-order valence-electron chi connectivity index (χ1n) is 5.82. The molecular weight excluding hydrogens is 234 g/mol. The van der Waals surface area contributed by atoms with Crippen LogP contribution in [0.2, 0.25) is 5.02 Å². The zero-order valence-corrected chi connectivity index (χ0v) is 10.2. The van der Waals surface area contributed by atoms with Gasteiger partial charge in [0, 0.05) is 10.4 Å². The first kappa shape index (κ1) is 10.8. The highest BCUT2D eigenvalue weighted by molar-refractivity contribution is 6.31. The van der Waals surface area contributed by atoms with E-state index in [1.54, 1.807) is 0 Å². The molecule has 3 nitrogen and oxygen atoms in total. The highest BCUT2D eigenvalue weighted by atomic mass is 35.5. The van der Waals surface area contributed by atoms with Crippen LogP contribution in [0.25, 0.3) is 10.9 Å². The molecule has 1 heterocycles. The van der Waals surface area contributed by atoms with Crippen molar-refractivity contribution in [2.24, 2.45) is 11.8 Å². The maximum atomic E-state index is 5.98. The molecule has 0 aliphatic heterocycles. The number of nitrogens with two attached hydrogens (primary N) is 1. The van der Waals surface area contributed by atoms with E-state index in [9.17, 15) is 0 Å². The van der Waals surface area contributed by atoms with E-state index in [2.05, 4.69) is 10.4 Å². The van der Waals surface area contributed by atoms with Gasteiger partial charge in [-0.3, -0.25) is 10.8 Å². The smallest absolute Gasteiger partial charge is 0.0721 e. The van der Waals surface area contributed by atoms with Gasteiger partial charge in [0.25, 0.3) is 0 Å². The molecule has 3 rings (SSSR count). The van der Waals surface area contributed by atoms with Crippen LogP contribution in [-0.2, 0) is 6.42 Å². The second-order valence-electron chi connectivity index (χ2n) is 4.61. The normalized spacial score (nSPS) is 15.2. The summed E-state index contributed by atoms with van der Waals surface area (Å²) in [5.74, 6) is 6.34. The van der Waals surface area contributed by atoms with Crippen LogP contribution in [0.1, 0.15) is 18.5 Å². The Morgan fingerprint density at radius 3 is 2.88 bits per heavy atom. The lowest BCUT2D eigenvalue weighted by Crippen LogP contribution is -2.11. The molecule has 1 aromatic heterocycles. The van der Waals surface area contributed by atoms with Crippen LogP contribution >= 0.6 is 11.6 Å². The van der Waals surface area contributed by atoms with Gasteiger partial charge in [0.1, 0.15) is 0 Å². The molecule has 1 aliphatic carbocycles. The van der Waals surface area contributed by atoms with E-state index in [4.69, 9.17) is 17.4 Å². The predicted molar refractivity (Wildman–Crippen MR) is 71.0 cm³/mol. The fourth-order valence-electron chi connectivity index (χ4n) is 2.06. The van der Waals surface area contributed by atoms with Crippen molar-refractivity contribution in [3.05, 3.63) is 35.0 Å². The molecule has 17 heavy (non-hydrogen) atoms. The second kappa shape index (κ2) is 4.17. The van der Waals surface area contributed by atoms with Gasteiger partial charge in [-0.2, -0.15) is 0 Å². The molecule has 0 amide bonds. The Kier molecular flexibility index (Phi) is 2.65. The Labute approximate surface area is 105 Å². The summed E-state index contributed by atoms with van der Waals surface area (Å²) in [7, 11) is 0. The Hall–Kier alpha value is -1.32. The summed E-state index contributed by atoms with van der Waals surface area (Å²) in [4.78, 5) is 4.66. The third-order valence-electron chi connectivity index (χ3n) is 3.19. The molecule has 0 saturated heterocycles. The number of rotatable bonds is 3. The third kappa shape index (κ3) is 2.21. The number of anilines is 1. The molecule has 4 heteroatoms. The monoisotopic (exact) mass is 247 g/mol. The van der Waals surface area contributed by atoms with Crippen molar-refractivity contribution in [2.45, 2.75) is 19.3 Å². The Bertz CT molecular complexity index is 564. The van der Waals surface area contributed by atoms with Gasteiger partial charge in [0.05, 0.1) is 16.9 Å². The second-order valence-corrected chi connectivity index (χ2v) is 5.05. The molecule has 88 valence electrons. The number of pyridine rings is 1. The van der Waals surface area contributed by atoms with Gasteiger partial charge in [0.15, 0.2) is 0 Å². The van der Waals surface area contributed by atoms with E-state index < -0.39 is 0 Å². The van der Waals surface area contributed by atoms with Gasteiger partial charge in [0.2, 0.25) is 0 Å². The minimum atomic E-state index is 0.718. The van der Waals surface area contributed by atoms with Gasteiger partial charge >= 0.3 is 0 Å². The molecule has 1 fully saturated rings. The number of hydrazine groups is 1. The highest BCUT2D eigenvalue weighted by Crippen LogP contribution is 2.34. The van der Waals surface area contributed by atoms with Crippen LogP contribution in [0.3, 0.4) is 0 Å². The SMILES string of the molecule is NNc1cc2ccc(Cl)cc2nc1CC1CC1. The van der Waals surface area contributed by atoms with Crippen molar-refractivity contribution in [3.8, 4) is 0 Å². The number of fused-ring (bicyclic) bond motifs is 1. The van der Waals surface area contributed by atoms with E-state index in [0.717, 1.165) is 39.6 Å². The average molecular weight is 248 g/mol. The number of nitrogens with zero attached hydrogens (tertiary/aromatic N) is 1. The zero-order valence-electron chi connectivity index (χ0n) is 9.41. The highest BCUT2D eigenvalue weighted by Gasteiger charge is 2.23.